The van der Waals surface area contributed by atoms with Crippen LogP contribution in [0.5, 0.6) is 0 Å². The average molecular weight is 517 g/mol. The zero-order chi connectivity index (χ0) is 23.1. The number of hydrogen-bond acceptors (Lipinski definition) is 6. The molecule has 0 unspecified atom stereocenters. The van der Waals surface area contributed by atoms with Gasteiger partial charge in [-0.05, 0) is 35.9 Å². The predicted molar refractivity (Wildman–Crippen MR) is 124 cm³/mol. The Bertz CT molecular complexity index is 1270. The maximum Gasteiger partial charge on any atom is 0.293 e. The van der Waals surface area contributed by atoms with Gasteiger partial charge in [-0.2, -0.15) is 5.10 Å². The fourth-order valence-electron chi connectivity index (χ4n) is 2.78. The number of para-hydroxylation sites is 2. The van der Waals surface area contributed by atoms with Gasteiger partial charge in [-0.1, -0.05) is 58.4 Å². The van der Waals surface area contributed by atoms with E-state index in [1.54, 1.807) is 24.3 Å². The largest absolute Gasteiger partial charge is 0.293 e. The number of halogens is 1. The van der Waals surface area contributed by atoms with E-state index in [1.165, 1.54) is 54.7 Å². The van der Waals surface area contributed by atoms with Crippen LogP contribution >= 0.6 is 15.9 Å². The molecule has 0 radical (unpaired) electrons. The lowest BCUT2D eigenvalue weighted by atomic mass is 10.2. The number of nitro benzene ring substituents is 1. The number of amides is 1. The summed E-state index contributed by atoms with van der Waals surface area (Å²) in [5.41, 5.74) is 2.29. The van der Waals surface area contributed by atoms with Crippen LogP contribution < -0.4 is 9.73 Å². The monoisotopic (exact) mass is 516 g/mol. The van der Waals surface area contributed by atoms with Crippen molar-refractivity contribution in [3.05, 3.63) is 99.0 Å². The zero-order valence-corrected chi connectivity index (χ0v) is 18.9. The van der Waals surface area contributed by atoms with Crippen LogP contribution in [-0.2, 0) is 14.8 Å². The molecule has 3 aromatic rings. The van der Waals surface area contributed by atoms with Gasteiger partial charge in [-0.25, -0.2) is 18.1 Å². The van der Waals surface area contributed by atoms with Gasteiger partial charge in [0.15, 0.2) is 0 Å². The Kier molecular flexibility index (Phi) is 7.33. The summed E-state index contributed by atoms with van der Waals surface area (Å²) in [6.07, 6.45) is 1.39. The minimum atomic E-state index is -4.28. The van der Waals surface area contributed by atoms with Crippen LogP contribution in [0.25, 0.3) is 0 Å². The highest BCUT2D eigenvalue weighted by molar-refractivity contribution is 9.10. The summed E-state index contributed by atoms with van der Waals surface area (Å²) >= 11 is 3.33. The average Bonchev–Trinajstić information content (AvgIpc) is 2.78. The number of carbonyl (C=O) groups is 1. The Morgan fingerprint density at radius 3 is 2.44 bits per heavy atom. The summed E-state index contributed by atoms with van der Waals surface area (Å²) in [4.78, 5) is 23.2. The maximum atomic E-state index is 13.3. The van der Waals surface area contributed by atoms with Gasteiger partial charge in [0.2, 0.25) is 0 Å². The summed E-state index contributed by atoms with van der Waals surface area (Å²) < 4.78 is 28.0. The second kappa shape index (κ2) is 10.2. The first-order valence-corrected chi connectivity index (χ1v) is 11.4. The number of hydrogen-bond donors (Lipinski definition) is 1. The topological polar surface area (TPSA) is 122 Å². The lowest BCUT2D eigenvalue weighted by molar-refractivity contribution is -0.384. The SMILES string of the molecule is O=C(CN(c1ccccc1[N+](=O)[O-])S(=O)(=O)c1ccccc1)N/N=C\c1cccc(Br)c1. The standard InChI is InChI=1S/C21H17BrN4O5S/c22-17-8-6-7-16(13-17)14-23-24-21(27)15-25(19-11-4-5-12-20(19)26(28)29)32(30,31)18-9-2-1-3-10-18/h1-14H,15H2,(H,24,27)/b23-14-. The first-order valence-electron chi connectivity index (χ1n) is 9.18. The molecule has 0 atom stereocenters. The van der Waals surface area contributed by atoms with E-state index < -0.39 is 33.1 Å². The number of anilines is 1. The Morgan fingerprint density at radius 2 is 1.75 bits per heavy atom. The van der Waals surface area contributed by atoms with Crippen molar-refractivity contribution < 1.29 is 18.1 Å². The second-order valence-corrected chi connectivity index (χ2v) is 9.20. The van der Waals surface area contributed by atoms with E-state index in [-0.39, 0.29) is 10.6 Å². The molecule has 0 aliphatic carbocycles. The molecule has 3 aromatic carbocycles. The lowest BCUT2D eigenvalue weighted by Crippen LogP contribution is -2.39. The van der Waals surface area contributed by atoms with Gasteiger partial charge in [-0.3, -0.25) is 14.9 Å². The van der Waals surface area contributed by atoms with Crippen LogP contribution in [0.3, 0.4) is 0 Å². The molecule has 32 heavy (non-hydrogen) atoms. The third-order valence-electron chi connectivity index (χ3n) is 4.22. The summed E-state index contributed by atoms with van der Waals surface area (Å²) in [5.74, 6) is -0.770. The molecule has 0 aliphatic rings. The van der Waals surface area contributed by atoms with E-state index in [2.05, 4.69) is 26.5 Å². The van der Waals surface area contributed by atoms with Crippen LogP contribution in [-0.4, -0.2) is 32.0 Å². The van der Waals surface area contributed by atoms with E-state index in [0.29, 0.717) is 9.87 Å². The summed E-state index contributed by atoms with van der Waals surface area (Å²) in [6, 6.07) is 19.8. The Hall–Kier alpha value is -3.57. The van der Waals surface area contributed by atoms with E-state index >= 15 is 0 Å². The van der Waals surface area contributed by atoms with Crippen molar-refractivity contribution in [3.8, 4) is 0 Å². The quantitative estimate of drug-likeness (QED) is 0.277. The van der Waals surface area contributed by atoms with Crippen molar-refractivity contribution in [2.75, 3.05) is 10.8 Å². The zero-order valence-electron chi connectivity index (χ0n) is 16.5. The number of nitrogens with one attached hydrogen (secondary N) is 1. The fraction of sp³-hybridized carbons (Fsp3) is 0.0476. The van der Waals surface area contributed by atoms with Gasteiger partial charge in [-0.15, -0.1) is 0 Å². The van der Waals surface area contributed by atoms with Crippen molar-refractivity contribution in [2.24, 2.45) is 5.10 Å². The van der Waals surface area contributed by atoms with E-state index in [0.717, 1.165) is 4.47 Å². The Labute approximate surface area is 192 Å². The normalized spacial score (nSPS) is 11.3. The second-order valence-electron chi connectivity index (χ2n) is 6.42. The van der Waals surface area contributed by atoms with Gasteiger partial charge in [0.05, 0.1) is 16.0 Å². The molecule has 0 heterocycles. The summed E-state index contributed by atoms with van der Waals surface area (Å²) in [5, 5.41) is 15.3. The Morgan fingerprint density at radius 1 is 1.06 bits per heavy atom. The predicted octanol–water partition coefficient (Wildman–Crippen LogP) is 3.70. The molecule has 1 N–H and O–H groups in total. The Balaban J connectivity index is 1.91. The molecule has 0 spiro atoms. The highest BCUT2D eigenvalue weighted by Gasteiger charge is 2.31. The molecule has 0 saturated carbocycles. The molecular weight excluding hydrogens is 500 g/mol. The molecule has 0 aromatic heterocycles. The number of carbonyl (C=O) groups excluding carboxylic acids is 1. The van der Waals surface area contributed by atoms with Crippen molar-refractivity contribution in [3.63, 3.8) is 0 Å². The van der Waals surface area contributed by atoms with Crippen molar-refractivity contribution in [1.29, 1.82) is 0 Å². The van der Waals surface area contributed by atoms with Gasteiger partial charge in [0.1, 0.15) is 12.2 Å². The molecule has 1 amide bonds. The highest BCUT2D eigenvalue weighted by Crippen LogP contribution is 2.31. The molecular formula is C21H17BrN4O5S. The summed E-state index contributed by atoms with van der Waals surface area (Å²) in [6.45, 7) is -0.710. The van der Waals surface area contributed by atoms with E-state index in [4.69, 9.17) is 0 Å². The number of sulfonamides is 1. The minimum Gasteiger partial charge on any atom is -0.271 e. The van der Waals surface area contributed by atoms with Crippen molar-refractivity contribution >= 4 is 49.4 Å². The van der Waals surface area contributed by atoms with Gasteiger partial charge in [0.25, 0.3) is 21.6 Å². The van der Waals surface area contributed by atoms with E-state index in [9.17, 15) is 23.3 Å². The van der Waals surface area contributed by atoms with Crippen LogP contribution in [0, 0.1) is 10.1 Å². The molecule has 11 heteroatoms. The number of nitrogens with zero attached hydrogens (tertiary/aromatic N) is 3. The van der Waals surface area contributed by atoms with E-state index in [1.807, 2.05) is 6.07 Å². The van der Waals surface area contributed by atoms with Crippen molar-refractivity contribution in [2.45, 2.75) is 4.90 Å². The van der Waals surface area contributed by atoms with Crippen LogP contribution in [0.4, 0.5) is 11.4 Å². The first-order chi connectivity index (χ1) is 15.3. The third kappa shape index (κ3) is 5.56. The van der Waals surface area contributed by atoms with Crippen LogP contribution in [0.15, 0.2) is 93.3 Å². The van der Waals surface area contributed by atoms with Crippen LogP contribution in [0.2, 0.25) is 0 Å². The first kappa shape index (κ1) is 23.1. The minimum absolute atomic E-state index is 0.108. The number of benzene rings is 3. The molecule has 9 nitrogen and oxygen atoms in total. The third-order valence-corrected chi connectivity index (χ3v) is 6.48. The molecule has 164 valence electrons. The number of nitro groups is 1. The van der Waals surface area contributed by atoms with Gasteiger partial charge < -0.3 is 0 Å². The lowest BCUT2D eigenvalue weighted by Gasteiger charge is -2.23. The molecule has 3 rings (SSSR count). The smallest absolute Gasteiger partial charge is 0.271 e. The molecule has 0 bridgehead atoms. The number of rotatable bonds is 8. The molecule has 0 fully saturated rings. The maximum absolute atomic E-state index is 13.3. The summed E-state index contributed by atoms with van der Waals surface area (Å²) in [7, 11) is -4.28. The fourth-order valence-corrected chi connectivity index (χ4v) is 4.65. The number of hydrazone groups is 1. The van der Waals surface area contributed by atoms with Crippen molar-refractivity contribution in [1.82, 2.24) is 5.43 Å². The van der Waals surface area contributed by atoms with Gasteiger partial charge in [0, 0.05) is 10.5 Å². The molecule has 0 aliphatic heterocycles. The van der Waals surface area contributed by atoms with Gasteiger partial charge >= 0.3 is 0 Å². The highest BCUT2D eigenvalue weighted by atomic mass is 79.9. The molecule has 0 saturated heterocycles. The van der Waals surface area contributed by atoms with Crippen LogP contribution in [0.1, 0.15) is 5.56 Å².